The first-order valence-corrected chi connectivity index (χ1v) is 5.10. The van der Waals surface area contributed by atoms with Crippen molar-refractivity contribution in [2.24, 2.45) is 0 Å². The molecule has 0 atom stereocenters. The van der Waals surface area contributed by atoms with E-state index in [0.29, 0.717) is 0 Å². The number of fused-ring (bicyclic) bond motifs is 1. The third-order valence-corrected chi connectivity index (χ3v) is 3.23. The summed E-state index contributed by atoms with van der Waals surface area (Å²) in [4.78, 5) is 0. The van der Waals surface area contributed by atoms with Gasteiger partial charge >= 0.3 is 0 Å². The van der Waals surface area contributed by atoms with Crippen molar-refractivity contribution in [2.45, 2.75) is 6.92 Å². The van der Waals surface area contributed by atoms with Crippen LogP contribution < -0.4 is 4.74 Å². The minimum atomic E-state index is 0.737. The van der Waals surface area contributed by atoms with Gasteiger partial charge < -0.3 is 4.74 Å². The summed E-state index contributed by atoms with van der Waals surface area (Å²) in [7, 11) is 1.65. The second kappa shape index (κ2) is 3.32. The summed E-state index contributed by atoms with van der Waals surface area (Å²) in [5.74, 6) is 0.845. The van der Waals surface area contributed by atoms with Gasteiger partial charge in [-0.25, -0.2) is 0 Å². The fourth-order valence-electron chi connectivity index (χ4n) is 1.53. The van der Waals surface area contributed by atoms with Crippen LogP contribution >= 0.6 is 11.3 Å². The lowest BCUT2D eigenvalue weighted by Gasteiger charge is -2.03. The summed E-state index contributed by atoms with van der Waals surface area (Å²) in [5, 5.41) is 11.8. The fraction of sp³-hybridized carbons (Fsp3) is 0.182. The van der Waals surface area contributed by atoms with Crippen LogP contribution in [0.3, 0.4) is 0 Å². The van der Waals surface area contributed by atoms with Crippen molar-refractivity contribution >= 4 is 21.4 Å². The summed E-state index contributed by atoms with van der Waals surface area (Å²) in [6.45, 7) is 2.01. The lowest BCUT2D eigenvalue weighted by molar-refractivity contribution is 0.420. The SMILES string of the molecule is COc1ccc(C)c2c(C#N)csc12. The maximum atomic E-state index is 8.93. The Balaban J connectivity index is 2.89. The van der Waals surface area contributed by atoms with E-state index in [1.165, 1.54) is 0 Å². The number of rotatable bonds is 1. The molecule has 0 fully saturated rings. The Labute approximate surface area is 86.4 Å². The first-order chi connectivity index (χ1) is 6.77. The standard InChI is InChI=1S/C11H9NOS/c1-7-3-4-9(13-2)11-10(7)8(5-12)6-14-11/h3-4,6H,1-2H3. The molecule has 1 aromatic heterocycles. The van der Waals surface area contributed by atoms with E-state index in [1.54, 1.807) is 18.4 Å². The molecule has 0 radical (unpaired) electrons. The van der Waals surface area contributed by atoms with E-state index in [0.717, 1.165) is 27.0 Å². The minimum Gasteiger partial charge on any atom is -0.495 e. The number of hydrogen-bond acceptors (Lipinski definition) is 3. The second-order valence-electron chi connectivity index (χ2n) is 3.05. The van der Waals surface area contributed by atoms with Crippen molar-refractivity contribution in [3.05, 3.63) is 28.6 Å². The zero-order valence-corrected chi connectivity index (χ0v) is 8.81. The highest BCUT2D eigenvalue weighted by atomic mass is 32.1. The Hall–Kier alpha value is -1.53. The number of aryl methyl sites for hydroxylation is 1. The number of ether oxygens (including phenoxy) is 1. The summed E-state index contributed by atoms with van der Waals surface area (Å²) in [5.41, 5.74) is 1.86. The predicted octanol–water partition coefficient (Wildman–Crippen LogP) is 3.09. The molecule has 0 saturated heterocycles. The molecular formula is C11H9NOS. The molecule has 1 aromatic carbocycles. The minimum absolute atomic E-state index is 0.737. The summed E-state index contributed by atoms with van der Waals surface area (Å²) in [6, 6.07) is 6.12. The van der Waals surface area contributed by atoms with Gasteiger partial charge in [-0.05, 0) is 18.6 Å². The van der Waals surface area contributed by atoms with Crippen molar-refractivity contribution in [1.29, 1.82) is 5.26 Å². The van der Waals surface area contributed by atoms with Crippen molar-refractivity contribution in [2.75, 3.05) is 7.11 Å². The van der Waals surface area contributed by atoms with E-state index >= 15 is 0 Å². The van der Waals surface area contributed by atoms with Gasteiger partial charge in [0.15, 0.2) is 0 Å². The van der Waals surface area contributed by atoms with Crippen molar-refractivity contribution in [1.82, 2.24) is 0 Å². The second-order valence-corrected chi connectivity index (χ2v) is 3.93. The average molecular weight is 203 g/mol. The molecule has 0 aliphatic rings. The van der Waals surface area contributed by atoms with Crippen molar-refractivity contribution in [3.63, 3.8) is 0 Å². The van der Waals surface area contributed by atoms with Gasteiger partial charge in [0.25, 0.3) is 0 Å². The molecule has 3 heteroatoms. The molecule has 0 amide bonds. The molecule has 0 N–H and O–H groups in total. The molecule has 14 heavy (non-hydrogen) atoms. The highest BCUT2D eigenvalue weighted by Crippen LogP contribution is 2.35. The molecule has 0 aliphatic carbocycles. The third-order valence-electron chi connectivity index (χ3n) is 2.23. The molecule has 0 unspecified atom stereocenters. The first-order valence-electron chi connectivity index (χ1n) is 4.23. The zero-order valence-electron chi connectivity index (χ0n) is 8.00. The lowest BCUT2D eigenvalue weighted by Crippen LogP contribution is -1.84. The fourth-order valence-corrected chi connectivity index (χ4v) is 2.60. The van der Waals surface area contributed by atoms with Gasteiger partial charge in [-0.15, -0.1) is 11.3 Å². The first kappa shape index (κ1) is 9.04. The smallest absolute Gasteiger partial charge is 0.136 e. The highest BCUT2D eigenvalue weighted by molar-refractivity contribution is 7.17. The van der Waals surface area contributed by atoms with Crippen molar-refractivity contribution < 1.29 is 4.74 Å². The molecule has 0 spiro atoms. The largest absolute Gasteiger partial charge is 0.495 e. The van der Waals surface area contributed by atoms with Gasteiger partial charge in [0.1, 0.15) is 11.8 Å². The normalized spacial score (nSPS) is 10.1. The Morgan fingerprint density at radius 1 is 1.43 bits per heavy atom. The Kier molecular flexibility index (Phi) is 2.14. The lowest BCUT2D eigenvalue weighted by atomic mass is 10.1. The number of nitriles is 1. The quantitative estimate of drug-likeness (QED) is 0.713. The van der Waals surface area contributed by atoms with E-state index in [4.69, 9.17) is 10.00 Å². The number of methoxy groups -OCH3 is 1. The molecule has 0 aliphatic heterocycles. The molecule has 0 bridgehead atoms. The summed E-state index contributed by atoms with van der Waals surface area (Å²) >= 11 is 1.56. The molecule has 2 rings (SSSR count). The number of nitrogens with zero attached hydrogens (tertiary/aromatic N) is 1. The van der Waals surface area contributed by atoms with E-state index in [-0.39, 0.29) is 0 Å². The molecule has 1 heterocycles. The predicted molar refractivity (Wildman–Crippen MR) is 57.8 cm³/mol. The van der Waals surface area contributed by atoms with Crippen LogP contribution in [0.15, 0.2) is 17.5 Å². The average Bonchev–Trinajstić information content (AvgIpc) is 2.63. The number of thiophene rings is 1. The maximum absolute atomic E-state index is 8.93. The highest BCUT2D eigenvalue weighted by Gasteiger charge is 2.10. The topological polar surface area (TPSA) is 33.0 Å². The van der Waals surface area contributed by atoms with E-state index in [9.17, 15) is 0 Å². The molecule has 0 saturated carbocycles. The van der Waals surface area contributed by atoms with Gasteiger partial charge in [-0.1, -0.05) is 6.07 Å². The Bertz CT molecular complexity index is 522. The number of benzene rings is 1. The van der Waals surface area contributed by atoms with Crippen LogP contribution in [0, 0.1) is 18.3 Å². The molecule has 2 aromatic rings. The molecular weight excluding hydrogens is 194 g/mol. The van der Waals surface area contributed by atoms with Gasteiger partial charge in [-0.2, -0.15) is 5.26 Å². The van der Waals surface area contributed by atoms with Crippen LogP contribution in [0.25, 0.3) is 10.1 Å². The van der Waals surface area contributed by atoms with Crippen LogP contribution in [-0.2, 0) is 0 Å². The third kappa shape index (κ3) is 1.16. The Morgan fingerprint density at radius 3 is 2.86 bits per heavy atom. The van der Waals surface area contributed by atoms with E-state index in [1.807, 2.05) is 24.4 Å². The van der Waals surface area contributed by atoms with Crippen LogP contribution in [0.4, 0.5) is 0 Å². The summed E-state index contributed by atoms with van der Waals surface area (Å²) in [6.07, 6.45) is 0. The van der Waals surface area contributed by atoms with Crippen LogP contribution in [-0.4, -0.2) is 7.11 Å². The number of hydrogen-bond donors (Lipinski definition) is 0. The van der Waals surface area contributed by atoms with Gasteiger partial charge in [0, 0.05) is 10.8 Å². The molecule has 70 valence electrons. The van der Waals surface area contributed by atoms with Gasteiger partial charge in [0.2, 0.25) is 0 Å². The van der Waals surface area contributed by atoms with E-state index < -0.39 is 0 Å². The van der Waals surface area contributed by atoms with E-state index in [2.05, 4.69) is 6.07 Å². The Morgan fingerprint density at radius 2 is 2.21 bits per heavy atom. The van der Waals surface area contributed by atoms with Crippen LogP contribution in [0.2, 0.25) is 0 Å². The summed E-state index contributed by atoms with van der Waals surface area (Å²) < 4.78 is 6.30. The van der Waals surface area contributed by atoms with Gasteiger partial charge in [-0.3, -0.25) is 0 Å². The monoisotopic (exact) mass is 203 g/mol. The van der Waals surface area contributed by atoms with Crippen LogP contribution in [0.5, 0.6) is 5.75 Å². The van der Waals surface area contributed by atoms with Gasteiger partial charge in [0.05, 0.1) is 17.4 Å². The maximum Gasteiger partial charge on any atom is 0.136 e. The zero-order chi connectivity index (χ0) is 10.1. The van der Waals surface area contributed by atoms with Crippen molar-refractivity contribution in [3.8, 4) is 11.8 Å². The molecule has 2 nitrogen and oxygen atoms in total. The van der Waals surface area contributed by atoms with Crippen LogP contribution in [0.1, 0.15) is 11.1 Å².